The van der Waals surface area contributed by atoms with Gasteiger partial charge in [0, 0.05) is 38.6 Å². The molecule has 2 saturated heterocycles. The third-order valence-electron chi connectivity index (χ3n) is 3.72. The first kappa shape index (κ1) is 11.9. The lowest BCUT2D eigenvalue weighted by Crippen LogP contribution is -2.44. The van der Waals surface area contributed by atoms with Gasteiger partial charge in [0.05, 0.1) is 17.9 Å². The van der Waals surface area contributed by atoms with Crippen LogP contribution < -0.4 is 5.32 Å². The highest BCUT2D eigenvalue weighted by atomic mass is 16.5. The minimum Gasteiger partial charge on any atom is -0.372 e. The summed E-state index contributed by atoms with van der Waals surface area (Å²) in [5.74, 6) is 0.897. The van der Waals surface area contributed by atoms with Gasteiger partial charge in [-0.3, -0.25) is 9.88 Å². The molecule has 1 aromatic rings. The highest BCUT2D eigenvalue weighted by molar-refractivity contribution is 5.38. The minimum atomic E-state index is 0.474. The summed E-state index contributed by atoms with van der Waals surface area (Å²) in [6, 6.07) is 0. The summed E-state index contributed by atoms with van der Waals surface area (Å²) in [5.41, 5.74) is 0.958. The fourth-order valence-corrected chi connectivity index (χ4v) is 2.80. The first-order valence-electron chi connectivity index (χ1n) is 6.70. The Hall–Kier alpha value is -1.20. The second-order valence-corrected chi connectivity index (χ2v) is 5.13. The predicted octanol–water partition coefficient (Wildman–Crippen LogP) is 1.06. The van der Waals surface area contributed by atoms with Crippen molar-refractivity contribution in [2.45, 2.75) is 32.0 Å². The SMILES string of the molecule is Cc1nccnc1NCCN1CC2CCC(C1)O2. The average Bonchev–Trinajstić information content (AvgIpc) is 2.71. The van der Waals surface area contributed by atoms with Crippen LogP contribution in [0.3, 0.4) is 0 Å². The van der Waals surface area contributed by atoms with E-state index in [9.17, 15) is 0 Å². The van der Waals surface area contributed by atoms with Crippen LogP contribution in [0, 0.1) is 6.92 Å². The average molecular weight is 248 g/mol. The summed E-state index contributed by atoms with van der Waals surface area (Å²) in [4.78, 5) is 11.0. The third-order valence-corrected chi connectivity index (χ3v) is 3.72. The summed E-state index contributed by atoms with van der Waals surface area (Å²) in [7, 11) is 0. The quantitative estimate of drug-likeness (QED) is 0.863. The monoisotopic (exact) mass is 248 g/mol. The fourth-order valence-electron chi connectivity index (χ4n) is 2.80. The molecule has 3 rings (SSSR count). The van der Waals surface area contributed by atoms with Crippen molar-refractivity contribution in [1.82, 2.24) is 14.9 Å². The summed E-state index contributed by atoms with van der Waals surface area (Å²) >= 11 is 0. The molecule has 18 heavy (non-hydrogen) atoms. The van der Waals surface area contributed by atoms with E-state index in [-0.39, 0.29) is 0 Å². The molecule has 2 fully saturated rings. The lowest BCUT2D eigenvalue weighted by molar-refractivity contribution is -0.0368. The number of hydrogen-bond acceptors (Lipinski definition) is 5. The number of ether oxygens (including phenoxy) is 1. The Morgan fingerprint density at radius 2 is 2.00 bits per heavy atom. The molecule has 1 aromatic heterocycles. The third kappa shape index (κ3) is 2.62. The van der Waals surface area contributed by atoms with Crippen LogP contribution >= 0.6 is 0 Å². The molecule has 5 heteroatoms. The van der Waals surface area contributed by atoms with Gasteiger partial charge in [-0.05, 0) is 19.8 Å². The van der Waals surface area contributed by atoms with E-state index in [2.05, 4.69) is 20.2 Å². The van der Waals surface area contributed by atoms with Gasteiger partial charge in [0.2, 0.25) is 0 Å². The number of fused-ring (bicyclic) bond motifs is 2. The summed E-state index contributed by atoms with van der Waals surface area (Å²) < 4.78 is 5.83. The smallest absolute Gasteiger partial charge is 0.147 e. The number of anilines is 1. The number of aromatic nitrogens is 2. The van der Waals surface area contributed by atoms with E-state index >= 15 is 0 Å². The maximum Gasteiger partial charge on any atom is 0.147 e. The van der Waals surface area contributed by atoms with E-state index in [1.54, 1.807) is 12.4 Å². The van der Waals surface area contributed by atoms with Crippen molar-refractivity contribution in [3.8, 4) is 0 Å². The van der Waals surface area contributed by atoms with Crippen molar-refractivity contribution in [1.29, 1.82) is 0 Å². The standard InChI is InChI=1S/C13H20N4O/c1-10-13(15-5-4-14-10)16-6-7-17-8-11-2-3-12(9-17)18-11/h4-5,11-12H,2-3,6-9H2,1H3,(H,15,16). The van der Waals surface area contributed by atoms with Crippen molar-refractivity contribution in [2.24, 2.45) is 0 Å². The molecule has 2 atom stereocenters. The van der Waals surface area contributed by atoms with Crippen LogP contribution in [0.25, 0.3) is 0 Å². The Balaban J connectivity index is 1.46. The van der Waals surface area contributed by atoms with Crippen molar-refractivity contribution in [3.63, 3.8) is 0 Å². The molecule has 0 aliphatic carbocycles. The maximum atomic E-state index is 5.83. The zero-order chi connectivity index (χ0) is 12.4. The molecular weight excluding hydrogens is 228 g/mol. The number of nitrogens with zero attached hydrogens (tertiary/aromatic N) is 3. The Morgan fingerprint density at radius 3 is 2.72 bits per heavy atom. The van der Waals surface area contributed by atoms with E-state index in [1.165, 1.54) is 12.8 Å². The van der Waals surface area contributed by atoms with Gasteiger partial charge in [0.25, 0.3) is 0 Å². The molecule has 1 N–H and O–H groups in total. The van der Waals surface area contributed by atoms with Crippen LogP contribution in [0.4, 0.5) is 5.82 Å². The summed E-state index contributed by atoms with van der Waals surface area (Å²) in [6.45, 7) is 6.10. The molecule has 2 aliphatic rings. The van der Waals surface area contributed by atoms with E-state index in [0.29, 0.717) is 12.2 Å². The van der Waals surface area contributed by atoms with Crippen LogP contribution in [-0.2, 0) is 4.74 Å². The van der Waals surface area contributed by atoms with Crippen LogP contribution in [0.15, 0.2) is 12.4 Å². The van der Waals surface area contributed by atoms with E-state index < -0.39 is 0 Å². The molecule has 0 saturated carbocycles. The van der Waals surface area contributed by atoms with Gasteiger partial charge in [-0.15, -0.1) is 0 Å². The molecule has 2 bridgehead atoms. The van der Waals surface area contributed by atoms with Gasteiger partial charge in [0.1, 0.15) is 5.82 Å². The highest BCUT2D eigenvalue weighted by Gasteiger charge is 2.33. The van der Waals surface area contributed by atoms with Crippen LogP contribution in [0.2, 0.25) is 0 Å². The maximum absolute atomic E-state index is 5.83. The van der Waals surface area contributed by atoms with Crippen molar-refractivity contribution >= 4 is 5.82 Å². The van der Waals surface area contributed by atoms with Gasteiger partial charge in [-0.2, -0.15) is 0 Å². The van der Waals surface area contributed by atoms with Gasteiger partial charge >= 0.3 is 0 Å². The first-order valence-corrected chi connectivity index (χ1v) is 6.70. The molecule has 0 aromatic carbocycles. The number of rotatable bonds is 4. The number of likely N-dealkylation sites (tertiary alicyclic amines) is 1. The van der Waals surface area contributed by atoms with Gasteiger partial charge in [0.15, 0.2) is 0 Å². The van der Waals surface area contributed by atoms with Crippen LogP contribution in [-0.4, -0.2) is 53.3 Å². The second kappa shape index (κ2) is 5.20. The van der Waals surface area contributed by atoms with Crippen molar-refractivity contribution < 1.29 is 4.74 Å². The molecule has 0 spiro atoms. The van der Waals surface area contributed by atoms with E-state index in [0.717, 1.165) is 37.7 Å². The fraction of sp³-hybridized carbons (Fsp3) is 0.692. The molecule has 0 radical (unpaired) electrons. The molecule has 3 heterocycles. The Morgan fingerprint density at radius 1 is 1.28 bits per heavy atom. The topological polar surface area (TPSA) is 50.3 Å². The molecule has 0 amide bonds. The normalized spacial score (nSPS) is 27.4. The van der Waals surface area contributed by atoms with Crippen LogP contribution in [0.5, 0.6) is 0 Å². The lowest BCUT2D eigenvalue weighted by Gasteiger charge is -2.32. The zero-order valence-corrected chi connectivity index (χ0v) is 10.8. The van der Waals surface area contributed by atoms with Gasteiger partial charge in [-0.25, -0.2) is 4.98 Å². The summed E-state index contributed by atoms with van der Waals surface area (Å²) in [6.07, 6.45) is 6.87. The predicted molar refractivity (Wildman–Crippen MR) is 69.6 cm³/mol. The number of morpholine rings is 1. The first-order chi connectivity index (χ1) is 8.81. The molecule has 2 aliphatic heterocycles. The Bertz CT molecular complexity index is 400. The highest BCUT2D eigenvalue weighted by Crippen LogP contribution is 2.25. The largest absolute Gasteiger partial charge is 0.372 e. The van der Waals surface area contributed by atoms with Crippen LogP contribution in [0.1, 0.15) is 18.5 Å². The van der Waals surface area contributed by atoms with Crippen molar-refractivity contribution in [2.75, 3.05) is 31.5 Å². The number of nitrogens with one attached hydrogen (secondary N) is 1. The Kier molecular flexibility index (Phi) is 3.43. The lowest BCUT2D eigenvalue weighted by atomic mass is 10.2. The van der Waals surface area contributed by atoms with Crippen molar-refractivity contribution in [3.05, 3.63) is 18.1 Å². The minimum absolute atomic E-state index is 0.474. The molecule has 98 valence electrons. The molecular formula is C13H20N4O. The summed E-state index contributed by atoms with van der Waals surface area (Å²) in [5, 5.41) is 3.35. The van der Waals surface area contributed by atoms with E-state index in [1.807, 2.05) is 6.92 Å². The molecule has 2 unspecified atom stereocenters. The number of aryl methyl sites for hydroxylation is 1. The zero-order valence-electron chi connectivity index (χ0n) is 10.8. The second-order valence-electron chi connectivity index (χ2n) is 5.13. The van der Waals surface area contributed by atoms with Gasteiger partial charge < -0.3 is 10.1 Å². The van der Waals surface area contributed by atoms with E-state index in [4.69, 9.17) is 4.74 Å². The molecule has 5 nitrogen and oxygen atoms in total. The number of hydrogen-bond donors (Lipinski definition) is 1. The Labute approximate surface area is 108 Å². The van der Waals surface area contributed by atoms with Gasteiger partial charge in [-0.1, -0.05) is 0 Å².